The van der Waals surface area contributed by atoms with Crippen molar-refractivity contribution in [2.75, 3.05) is 0 Å². The highest BCUT2D eigenvalue weighted by atomic mass is 35.5. The molecule has 0 radical (unpaired) electrons. The molecule has 3 aromatic carbocycles. The highest BCUT2D eigenvalue weighted by molar-refractivity contribution is 6.42. The van der Waals surface area contributed by atoms with E-state index in [0.29, 0.717) is 33.2 Å². The molecule has 0 saturated heterocycles. The Morgan fingerprint density at radius 2 is 1.04 bits per heavy atom. The van der Waals surface area contributed by atoms with Crippen LogP contribution in [0.5, 0.6) is 0 Å². The van der Waals surface area contributed by atoms with Crippen LogP contribution in [0.15, 0.2) is 65.5 Å². The number of benzene rings is 3. The van der Waals surface area contributed by atoms with Gasteiger partial charge in [0.25, 0.3) is 0 Å². The zero-order valence-corrected chi connectivity index (χ0v) is 17.5. The van der Waals surface area contributed by atoms with Crippen LogP contribution in [0.25, 0.3) is 11.0 Å². The normalized spacial score (nSPS) is 11.3. The number of halogens is 4. The number of para-hydroxylation sites is 2. The first-order valence-corrected chi connectivity index (χ1v) is 10.0. The largest absolute Gasteiger partial charge is 0.329 e. The van der Waals surface area contributed by atoms with Crippen LogP contribution in [-0.2, 0) is 13.1 Å². The summed E-state index contributed by atoms with van der Waals surface area (Å²) in [5, 5.41) is 1.90. The lowest BCUT2D eigenvalue weighted by Crippen LogP contribution is -2.25. The van der Waals surface area contributed by atoms with E-state index in [-0.39, 0.29) is 5.69 Å². The number of imidazole rings is 1. The molecule has 142 valence electrons. The third kappa shape index (κ3) is 3.68. The molecule has 28 heavy (non-hydrogen) atoms. The molecule has 0 fully saturated rings. The molecule has 1 aromatic heterocycles. The van der Waals surface area contributed by atoms with Gasteiger partial charge in [-0.25, -0.2) is 4.79 Å². The maximum atomic E-state index is 13.2. The van der Waals surface area contributed by atoms with Crippen LogP contribution in [0.2, 0.25) is 20.1 Å². The lowest BCUT2D eigenvalue weighted by molar-refractivity contribution is 0.701. The first kappa shape index (κ1) is 19.4. The summed E-state index contributed by atoms with van der Waals surface area (Å²) in [6.45, 7) is 0.787. The van der Waals surface area contributed by atoms with E-state index in [0.717, 1.165) is 22.2 Å². The van der Waals surface area contributed by atoms with Gasteiger partial charge in [0.1, 0.15) is 0 Å². The first-order valence-electron chi connectivity index (χ1n) is 8.50. The van der Waals surface area contributed by atoms with E-state index in [1.165, 1.54) is 0 Å². The molecule has 0 aliphatic heterocycles. The number of rotatable bonds is 4. The van der Waals surface area contributed by atoms with Crippen LogP contribution in [0.3, 0.4) is 0 Å². The first-order chi connectivity index (χ1) is 13.4. The second-order valence-electron chi connectivity index (χ2n) is 6.44. The van der Waals surface area contributed by atoms with Crippen LogP contribution in [0, 0.1) is 0 Å². The third-order valence-corrected chi connectivity index (χ3v) is 6.05. The van der Waals surface area contributed by atoms with Crippen molar-refractivity contribution in [3.8, 4) is 0 Å². The van der Waals surface area contributed by atoms with Crippen molar-refractivity contribution in [3.05, 3.63) is 102 Å². The van der Waals surface area contributed by atoms with Crippen LogP contribution in [0.4, 0.5) is 0 Å². The van der Waals surface area contributed by atoms with Crippen molar-refractivity contribution in [1.82, 2.24) is 9.13 Å². The molecule has 7 heteroatoms. The summed E-state index contributed by atoms with van der Waals surface area (Å²) in [5.74, 6) is 0. The number of nitrogens with zero attached hydrogens (tertiary/aromatic N) is 2. The van der Waals surface area contributed by atoms with E-state index < -0.39 is 0 Å². The molecule has 0 amide bonds. The Bertz CT molecular complexity index is 1150. The maximum Gasteiger partial charge on any atom is 0.329 e. The van der Waals surface area contributed by atoms with E-state index in [1.54, 1.807) is 33.4 Å². The fraction of sp³-hybridized carbons (Fsp3) is 0.0952. The van der Waals surface area contributed by atoms with Gasteiger partial charge in [0.2, 0.25) is 0 Å². The average Bonchev–Trinajstić information content (AvgIpc) is 2.93. The van der Waals surface area contributed by atoms with Crippen LogP contribution in [-0.4, -0.2) is 9.13 Å². The quantitative estimate of drug-likeness (QED) is 0.347. The molecule has 0 unspecified atom stereocenters. The van der Waals surface area contributed by atoms with E-state index >= 15 is 0 Å². The fourth-order valence-corrected chi connectivity index (χ4v) is 3.86. The summed E-state index contributed by atoms with van der Waals surface area (Å²) in [4.78, 5) is 13.2. The number of aromatic nitrogens is 2. The Kier molecular flexibility index (Phi) is 5.44. The van der Waals surface area contributed by atoms with E-state index in [4.69, 9.17) is 46.4 Å². The lowest BCUT2D eigenvalue weighted by atomic mass is 10.2. The Morgan fingerprint density at radius 1 is 0.607 bits per heavy atom. The zero-order chi connectivity index (χ0) is 19.8. The molecule has 1 heterocycles. The predicted molar refractivity (Wildman–Crippen MR) is 117 cm³/mol. The van der Waals surface area contributed by atoms with Crippen LogP contribution in [0.1, 0.15) is 11.1 Å². The van der Waals surface area contributed by atoms with Gasteiger partial charge < -0.3 is 0 Å². The van der Waals surface area contributed by atoms with Gasteiger partial charge in [-0.15, -0.1) is 0 Å². The third-order valence-electron chi connectivity index (χ3n) is 4.57. The van der Waals surface area contributed by atoms with Gasteiger partial charge in [0.05, 0.1) is 44.2 Å². The Morgan fingerprint density at radius 3 is 1.43 bits per heavy atom. The summed E-state index contributed by atoms with van der Waals surface area (Å²) < 4.78 is 3.46. The molecule has 4 rings (SSSR count). The summed E-state index contributed by atoms with van der Waals surface area (Å²) in [7, 11) is 0. The molecule has 0 atom stereocenters. The number of hydrogen-bond acceptors (Lipinski definition) is 1. The molecule has 0 bridgehead atoms. The van der Waals surface area contributed by atoms with Gasteiger partial charge >= 0.3 is 5.69 Å². The standard InChI is InChI=1S/C21H14Cl4N2O/c22-15-7-5-13(9-17(15)24)11-26-19-3-1-2-4-20(19)27(21(26)28)12-14-6-8-16(23)18(25)10-14/h1-10H,11-12H2. The van der Waals surface area contributed by atoms with Crippen molar-refractivity contribution < 1.29 is 0 Å². The van der Waals surface area contributed by atoms with Crippen molar-refractivity contribution in [3.63, 3.8) is 0 Å². The minimum Gasteiger partial charge on any atom is -0.287 e. The molecule has 4 aromatic rings. The summed E-state index contributed by atoms with van der Waals surface area (Å²) in [6, 6.07) is 18.4. The van der Waals surface area contributed by atoms with Gasteiger partial charge in [-0.05, 0) is 47.5 Å². The Hall–Kier alpha value is -1.91. The molecule has 0 aliphatic carbocycles. The molecule has 0 spiro atoms. The summed E-state index contributed by atoms with van der Waals surface area (Å²) in [6.07, 6.45) is 0. The average molecular weight is 452 g/mol. The minimum absolute atomic E-state index is 0.113. The molecular weight excluding hydrogens is 438 g/mol. The fourth-order valence-electron chi connectivity index (χ4n) is 3.22. The number of fused-ring (bicyclic) bond motifs is 1. The van der Waals surface area contributed by atoms with Gasteiger partial charge in [-0.1, -0.05) is 70.7 Å². The van der Waals surface area contributed by atoms with Gasteiger partial charge in [-0.3, -0.25) is 9.13 Å². The van der Waals surface area contributed by atoms with E-state index in [2.05, 4.69) is 0 Å². The van der Waals surface area contributed by atoms with Crippen LogP contribution < -0.4 is 5.69 Å². The summed E-state index contributed by atoms with van der Waals surface area (Å²) >= 11 is 24.3. The molecule has 0 N–H and O–H groups in total. The van der Waals surface area contributed by atoms with Crippen molar-refractivity contribution >= 4 is 57.4 Å². The summed E-state index contributed by atoms with van der Waals surface area (Å²) in [5.41, 5.74) is 3.37. The second kappa shape index (κ2) is 7.84. The maximum absolute atomic E-state index is 13.2. The molecule has 0 aliphatic rings. The molecule has 3 nitrogen and oxygen atoms in total. The highest BCUT2D eigenvalue weighted by Gasteiger charge is 2.14. The molecule has 0 saturated carbocycles. The lowest BCUT2D eigenvalue weighted by Gasteiger charge is -2.06. The van der Waals surface area contributed by atoms with Crippen molar-refractivity contribution in [2.24, 2.45) is 0 Å². The topological polar surface area (TPSA) is 26.9 Å². The monoisotopic (exact) mass is 450 g/mol. The van der Waals surface area contributed by atoms with E-state index in [9.17, 15) is 4.79 Å². The van der Waals surface area contributed by atoms with Crippen molar-refractivity contribution in [2.45, 2.75) is 13.1 Å². The minimum atomic E-state index is -0.113. The number of hydrogen-bond donors (Lipinski definition) is 0. The SMILES string of the molecule is O=c1n(Cc2ccc(Cl)c(Cl)c2)c2ccccc2n1Cc1ccc(Cl)c(Cl)c1. The van der Waals surface area contributed by atoms with Crippen LogP contribution >= 0.6 is 46.4 Å². The van der Waals surface area contributed by atoms with Gasteiger partial charge in [0.15, 0.2) is 0 Å². The van der Waals surface area contributed by atoms with Gasteiger partial charge in [-0.2, -0.15) is 0 Å². The highest BCUT2D eigenvalue weighted by Crippen LogP contribution is 2.25. The smallest absolute Gasteiger partial charge is 0.287 e. The predicted octanol–water partition coefficient (Wildman–Crippen LogP) is 6.51. The second-order valence-corrected chi connectivity index (χ2v) is 8.07. The Balaban J connectivity index is 1.80. The van der Waals surface area contributed by atoms with E-state index in [1.807, 2.05) is 36.4 Å². The van der Waals surface area contributed by atoms with Crippen molar-refractivity contribution in [1.29, 1.82) is 0 Å². The van der Waals surface area contributed by atoms with Gasteiger partial charge in [0, 0.05) is 0 Å². The molecular formula is C21H14Cl4N2O. The Labute approximate surface area is 181 Å². The zero-order valence-electron chi connectivity index (χ0n) is 14.5.